The predicted octanol–water partition coefficient (Wildman–Crippen LogP) is 2.84. The number of hydrogen-bond donors (Lipinski definition) is 2. The zero-order chi connectivity index (χ0) is 12.8. The van der Waals surface area contributed by atoms with Gasteiger partial charge in [-0.1, -0.05) is 29.8 Å². The number of nitrogens with two attached hydrogens (primary N) is 1. The van der Waals surface area contributed by atoms with Crippen LogP contribution in [0.4, 0.5) is 5.69 Å². The fourth-order valence-electron chi connectivity index (χ4n) is 1.22. The van der Waals surface area contributed by atoms with Crippen LogP contribution in [0.5, 0.6) is 5.75 Å². The summed E-state index contributed by atoms with van der Waals surface area (Å²) in [4.78, 5) is 4.23. The largest absolute Gasteiger partial charge is 0.497 e. The Morgan fingerprint density at radius 1 is 1.47 bits per heavy atom. The molecule has 0 saturated carbocycles. The van der Waals surface area contributed by atoms with Crippen LogP contribution in [0.15, 0.2) is 27.7 Å². The number of nitrogens with one attached hydrogen (secondary N) is 1. The molecule has 0 aliphatic rings. The smallest absolute Gasteiger partial charge is 0.193 e. The van der Waals surface area contributed by atoms with Gasteiger partial charge in [-0.05, 0) is 18.1 Å². The molecule has 0 aliphatic carbocycles. The lowest BCUT2D eigenvalue weighted by molar-refractivity contribution is 0.415. The molecule has 1 rings (SSSR count). The molecule has 0 fully saturated rings. The zero-order valence-electron chi connectivity index (χ0n) is 10.3. The van der Waals surface area contributed by atoms with E-state index in [2.05, 4.69) is 40.1 Å². The first kappa shape index (κ1) is 13.8. The highest BCUT2D eigenvalue weighted by Gasteiger charge is 2.01. The first-order valence-electron chi connectivity index (χ1n) is 5.42. The van der Waals surface area contributed by atoms with Crippen LogP contribution in [0.1, 0.15) is 13.8 Å². The first-order chi connectivity index (χ1) is 8.01. The molecule has 0 aliphatic heterocycles. The van der Waals surface area contributed by atoms with Crippen LogP contribution >= 0.6 is 15.9 Å². The van der Waals surface area contributed by atoms with Crippen molar-refractivity contribution in [1.29, 1.82) is 0 Å². The number of ether oxygens (including phenoxy) is 1. The van der Waals surface area contributed by atoms with Gasteiger partial charge < -0.3 is 15.8 Å². The molecule has 0 bridgehead atoms. The van der Waals surface area contributed by atoms with Crippen molar-refractivity contribution in [2.75, 3.05) is 19.0 Å². The Balaban J connectivity index is 2.74. The molecule has 0 atom stereocenters. The molecule has 1 aromatic rings. The Morgan fingerprint density at radius 3 is 2.76 bits per heavy atom. The number of aliphatic imine (C=N–C) groups is 1. The van der Waals surface area contributed by atoms with Gasteiger partial charge in [-0.2, -0.15) is 0 Å². The van der Waals surface area contributed by atoms with Gasteiger partial charge in [0.1, 0.15) is 5.75 Å². The van der Waals surface area contributed by atoms with Gasteiger partial charge >= 0.3 is 0 Å². The van der Waals surface area contributed by atoms with E-state index in [0.717, 1.165) is 15.9 Å². The summed E-state index contributed by atoms with van der Waals surface area (Å²) < 4.78 is 6.09. The summed E-state index contributed by atoms with van der Waals surface area (Å²) in [5.74, 6) is 1.67. The minimum absolute atomic E-state index is 0.416. The highest BCUT2D eigenvalue weighted by atomic mass is 79.9. The van der Waals surface area contributed by atoms with Gasteiger partial charge in [-0.3, -0.25) is 4.99 Å². The van der Waals surface area contributed by atoms with E-state index in [1.54, 1.807) is 7.11 Å². The zero-order valence-corrected chi connectivity index (χ0v) is 11.9. The van der Waals surface area contributed by atoms with Gasteiger partial charge in [0.05, 0.1) is 7.11 Å². The minimum atomic E-state index is 0.416. The highest BCUT2D eigenvalue weighted by molar-refractivity contribution is 9.10. The number of nitrogens with zero attached hydrogens (tertiary/aromatic N) is 1. The quantitative estimate of drug-likeness (QED) is 0.664. The van der Waals surface area contributed by atoms with Gasteiger partial charge in [-0.25, -0.2) is 0 Å². The number of methoxy groups -OCH3 is 1. The second-order valence-corrected chi connectivity index (χ2v) is 5.04. The van der Waals surface area contributed by atoms with Crippen LogP contribution in [0, 0.1) is 5.92 Å². The average Bonchev–Trinajstić information content (AvgIpc) is 2.25. The summed E-state index contributed by atoms with van der Waals surface area (Å²) in [5, 5.41) is 3.03. The summed E-state index contributed by atoms with van der Waals surface area (Å²) in [6.07, 6.45) is 0. The maximum atomic E-state index is 5.78. The van der Waals surface area contributed by atoms with Gasteiger partial charge in [0.2, 0.25) is 0 Å². The molecular weight excluding hydrogens is 282 g/mol. The van der Waals surface area contributed by atoms with E-state index in [1.165, 1.54) is 0 Å². The Hall–Kier alpha value is -1.23. The lowest BCUT2D eigenvalue weighted by Crippen LogP contribution is -2.23. The topological polar surface area (TPSA) is 59.6 Å². The van der Waals surface area contributed by atoms with Crippen molar-refractivity contribution in [3.8, 4) is 5.75 Å². The lowest BCUT2D eigenvalue weighted by atomic mass is 10.2. The van der Waals surface area contributed by atoms with Gasteiger partial charge in [0, 0.05) is 22.8 Å². The van der Waals surface area contributed by atoms with E-state index in [1.807, 2.05) is 18.2 Å². The monoisotopic (exact) mass is 299 g/mol. The van der Waals surface area contributed by atoms with E-state index in [9.17, 15) is 0 Å². The fraction of sp³-hybridized carbons (Fsp3) is 0.417. The molecule has 0 heterocycles. The molecule has 1 aromatic carbocycles. The Morgan fingerprint density at radius 2 is 2.18 bits per heavy atom. The van der Waals surface area contributed by atoms with Crippen molar-refractivity contribution in [3.05, 3.63) is 22.7 Å². The van der Waals surface area contributed by atoms with Crippen LogP contribution in [-0.4, -0.2) is 19.6 Å². The molecule has 94 valence electrons. The summed E-state index contributed by atoms with van der Waals surface area (Å²) in [5.41, 5.74) is 6.63. The normalized spacial score (nSPS) is 11.7. The van der Waals surface area contributed by atoms with Crippen LogP contribution in [-0.2, 0) is 0 Å². The lowest BCUT2D eigenvalue weighted by Gasteiger charge is -2.09. The third-order valence-corrected chi connectivity index (χ3v) is 2.46. The fourth-order valence-corrected chi connectivity index (χ4v) is 1.69. The molecule has 0 amide bonds. The van der Waals surface area contributed by atoms with Crippen LogP contribution in [0.25, 0.3) is 0 Å². The number of hydrogen-bond acceptors (Lipinski definition) is 2. The summed E-state index contributed by atoms with van der Waals surface area (Å²) >= 11 is 3.41. The van der Waals surface area contributed by atoms with Crippen molar-refractivity contribution in [3.63, 3.8) is 0 Å². The number of anilines is 1. The van der Waals surface area contributed by atoms with Gasteiger partial charge in [-0.15, -0.1) is 0 Å². The second-order valence-electron chi connectivity index (χ2n) is 4.12. The molecule has 0 saturated heterocycles. The molecule has 17 heavy (non-hydrogen) atoms. The van der Waals surface area contributed by atoms with Crippen molar-refractivity contribution in [2.24, 2.45) is 16.6 Å². The predicted molar refractivity (Wildman–Crippen MR) is 75.6 cm³/mol. The Bertz CT molecular complexity index is 405. The number of benzene rings is 1. The number of halogens is 1. The minimum Gasteiger partial charge on any atom is -0.497 e. The van der Waals surface area contributed by atoms with E-state index >= 15 is 0 Å². The maximum Gasteiger partial charge on any atom is 0.193 e. The van der Waals surface area contributed by atoms with Crippen molar-refractivity contribution < 1.29 is 4.74 Å². The van der Waals surface area contributed by atoms with E-state index in [0.29, 0.717) is 18.4 Å². The summed E-state index contributed by atoms with van der Waals surface area (Å²) in [7, 11) is 1.63. The van der Waals surface area contributed by atoms with E-state index in [-0.39, 0.29) is 0 Å². The third kappa shape index (κ3) is 5.08. The molecule has 0 radical (unpaired) electrons. The molecule has 0 unspecified atom stereocenters. The van der Waals surface area contributed by atoms with Crippen LogP contribution in [0.3, 0.4) is 0 Å². The Labute approximate surface area is 110 Å². The summed E-state index contributed by atoms with van der Waals surface area (Å²) in [6, 6.07) is 5.66. The first-order valence-corrected chi connectivity index (χ1v) is 6.22. The standard InChI is InChI=1S/C12H18BrN3O/c1-8(2)7-15-12(14)16-10-4-9(13)5-11(6-10)17-3/h4-6,8H,7H2,1-3H3,(H3,14,15,16). The molecule has 5 heteroatoms. The SMILES string of the molecule is COc1cc(Br)cc(NC(N)=NCC(C)C)c1. The van der Waals surface area contributed by atoms with Crippen molar-refractivity contribution in [2.45, 2.75) is 13.8 Å². The molecular formula is C12H18BrN3O. The van der Waals surface area contributed by atoms with E-state index < -0.39 is 0 Å². The molecule has 4 nitrogen and oxygen atoms in total. The van der Waals surface area contributed by atoms with Gasteiger partial charge in [0.15, 0.2) is 5.96 Å². The number of guanidine groups is 1. The highest BCUT2D eigenvalue weighted by Crippen LogP contribution is 2.24. The second kappa shape index (κ2) is 6.49. The molecule has 0 aromatic heterocycles. The van der Waals surface area contributed by atoms with Crippen molar-refractivity contribution >= 4 is 27.6 Å². The molecule has 3 N–H and O–H groups in total. The summed E-state index contributed by atoms with van der Waals surface area (Å²) in [6.45, 7) is 4.90. The Kier molecular flexibility index (Phi) is 5.28. The van der Waals surface area contributed by atoms with Crippen molar-refractivity contribution in [1.82, 2.24) is 0 Å². The average molecular weight is 300 g/mol. The molecule has 0 spiro atoms. The number of rotatable bonds is 4. The van der Waals surface area contributed by atoms with E-state index in [4.69, 9.17) is 10.5 Å². The van der Waals surface area contributed by atoms with Crippen LogP contribution in [0.2, 0.25) is 0 Å². The maximum absolute atomic E-state index is 5.78. The van der Waals surface area contributed by atoms with Crippen LogP contribution < -0.4 is 15.8 Å². The van der Waals surface area contributed by atoms with Gasteiger partial charge in [0.25, 0.3) is 0 Å². The third-order valence-electron chi connectivity index (χ3n) is 2.01.